The van der Waals surface area contributed by atoms with Gasteiger partial charge in [-0.2, -0.15) is 0 Å². The summed E-state index contributed by atoms with van der Waals surface area (Å²) in [6.45, 7) is 8.71. The monoisotopic (exact) mass is 294 g/mol. The highest BCUT2D eigenvalue weighted by Crippen LogP contribution is 2.27. The largest absolute Gasteiger partial charge is 0.493 e. The van der Waals surface area contributed by atoms with Crippen LogP contribution in [0.2, 0.25) is 0 Å². The molecule has 120 valence electrons. The van der Waals surface area contributed by atoms with Gasteiger partial charge in [0.15, 0.2) is 11.5 Å². The van der Waals surface area contributed by atoms with E-state index >= 15 is 0 Å². The minimum absolute atomic E-state index is 0.434. The Morgan fingerprint density at radius 3 is 2.33 bits per heavy atom. The number of ether oxygens (including phenoxy) is 2. The van der Waals surface area contributed by atoms with E-state index in [-0.39, 0.29) is 0 Å². The standard InChI is InChI=1S/C17H30N2O2/c1-13(2)19(4)10-9-18-14(3)11-15-7-8-16(20-5)17(12-15)21-6/h7-8,12-14,18H,9-11H2,1-6H3. The number of hydrogen-bond acceptors (Lipinski definition) is 4. The highest BCUT2D eigenvalue weighted by atomic mass is 16.5. The van der Waals surface area contributed by atoms with Crippen LogP contribution in [0.5, 0.6) is 11.5 Å². The van der Waals surface area contributed by atoms with Gasteiger partial charge in [0.2, 0.25) is 0 Å². The molecular formula is C17H30N2O2. The molecule has 0 fully saturated rings. The lowest BCUT2D eigenvalue weighted by Crippen LogP contribution is -2.37. The highest BCUT2D eigenvalue weighted by Gasteiger charge is 2.08. The molecule has 21 heavy (non-hydrogen) atoms. The maximum atomic E-state index is 5.35. The van der Waals surface area contributed by atoms with E-state index < -0.39 is 0 Å². The van der Waals surface area contributed by atoms with Crippen LogP contribution in [0.1, 0.15) is 26.3 Å². The molecule has 0 amide bonds. The molecule has 0 bridgehead atoms. The Morgan fingerprint density at radius 1 is 1.10 bits per heavy atom. The van der Waals surface area contributed by atoms with Gasteiger partial charge in [-0.25, -0.2) is 0 Å². The number of methoxy groups -OCH3 is 2. The molecule has 0 heterocycles. The first-order valence-electron chi connectivity index (χ1n) is 7.62. The van der Waals surface area contributed by atoms with Crippen LogP contribution in [0.25, 0.3) is 0 Å². The number of rotatable bonds is 9. The van der Waals surface area contributed by atoms with E-state index in [0.717, 1.165) is 31.0 Å². The second-order valence-corrected chi connectivity index (χ2v) is 5.82. The number of nitrogens with one attached hydrogen (secondary N) is 1. The van der Waals surface area contributed by atoms with Gasteiger partial charge in [0, 0.05) is 25.2 Å². The van der Waals surface area contributed by atoms with Crippen LogP contribution in [-0.4, -0.2) is 51.3 Å². The molecule has 1 unspecified atom stereocenters. The quantitative estimate of drug-likeness (QED) is 0.759. The van der Waals surface area contributed by atoms with E-state index in [1.807, 2.05) is 6.07 Å². The third-order valence-corrected chi connectivity index (χ3v) is 3.83. The van der Waals surface area contributed by atoms with Crippen LogP contribution in [-0.2, 0) is 6.42 Å². The van der Waals surface area contributed by atoms with E-state index in [9.17, 15) is 0 Å². The van der Waals surface area contributed by atoms with E-state index in [1.165, 1.54) is 5.56 Å². The lowest BCUT2D eigenvalue weighted by atomic mass is 10.1. The van der Waals surface area contributed by atoms with Gasteiger partial charge in [-0.3, -0.25) is 0 Å². The zero-order chi connectivity index (χ0) is 15.8. The van der Waals surface area contributed by atoms with Gasteiger partial charge in [-0.1, -0.05) is 6.07 Å². The molecule has 0 radical (unpaired) electrons. The van der Waals surface area contributed by atoms with Crippen LogP contribution in [0, 0.1) is 0 Å². The van der Waals surface area contributed by atoms with Gasteiger partial charge in [-0.15, -0.1) is 0 Å². The summed E-state index contributed by atoms with van der Waals surface area (Å²) in [6, 6.07) is 7.14. The minimum Gasteiger partial charge on any atom is -0.493 e. The van der Waals surface area contributed by atoms with Gasteiger partial charge in [-0.05, 0) is 51.9 Å². The zero-order valence-corrected chi connectivity index (χ0v) is 14.3. The first-order valence-corrected chi connectivity index (χ1v) is 7.62. The second kappa shape index (κ2) is 8.90. The fourth-order valence-electron chi connectivity index (χ4n) is 2.18. The number of benzene rings is 1. The molecule has 4 heteroatoms. The average Bonchev–Trinajstić information content (AvgIpc) is 2.46. The minimum atomic E-state index is 0.434. The molecule has 1 atom stereocenters. The van der Waals surface area contributed by atoms with E-state index in [4.69, 9.17) is 9.47 Å². The van der Waals surface area contributed by atoms with Crippen molar-refractivity contribution in [2.24, 2.45) is 0 Å². The van der Waals surface area contributed by atoms with E-state index in [1.54, 1.807) is 14.2 Å². The Hall–Kier alpha value is -1.26. The fourth-order valence-corrected chi connectivity index (χ4v) is 2.18. The van der Waals surface area contributed by atoms with Crippen molar-refractivity contribution in [3.05, 3.63) is 23.8 Å². The maximum absolute atomic E-state index is 5.35. The van der Waals surface area contributed by atoms with Crippen LogP contribution in [0.3, 0.4) is 0 Å². The molecule has 1 aromatic rings. The number of hydrogen-bond donors (Lipinski definition) is 1. The van der Waals surface area contributed by atoms with Crippen molar-refractivity contribution in [1.29, 1.82) is 0 Å². The summed E-state index contributed by atoms with van der Waals surface area (Å²) >= 11 is 0. The van der Waals surface area contributed by atoms with Crippen LogP contribution in [0.15, 0.2) is 18.2 Å². The molecule has 1 N–H and O–H groups in total. The Bertz CT molecular complexity index is 421. The number of likely N-dealkylation sites (N-methyl/N-ethyl adjacent to an activating group) is 1. The fraction of sp³-hybridized carbons (Fsp3) is 0.647. The van der Waals surface area contributed by atoms with Crippen molar-refractivity contribution in [3.8, 4) is 11.5 Å². The van der Waals surface area contributed by atoms with Gasteiger partial charge >= 0.3 is 0 Å². The van der Waals surface area contributed by atoms with Gasteiger partial charge in [0.1, 0.15) is 0 Å². The topological polar surface area (TPSA) is 33.7 Å². The summed E-state index contributed by atoms with van der Waals surface area (Å²) in [6.07, 6.45) is 0.978. The summed E-state index contributed by atoms with van der Waals surface area (Å²) in [7, 11) is 5.49. The maximum Gasteiger partial charge on any atom is 0.160 e. The first kappa shape index (κ1) is 17.8. The van der Waals surface area contributed by atoms with Gasteiger partial charge in [0.05, 0.1) is 14.2 Å². The molecule has 0 spiro atoms. The summed E-state index contributed by atoms with van der Waals surface area (Å²) < 4.78 is 10.6. The third-order valence-electron chi connectivity index (χ3n) is 3.83. The summed E-state index contributed by atoms with van der Waals surface area (Å²) in [5, 5.41) is 3.57. The third kappa shape index (κ3) is 5.94. The van der Waals surface area contributed by atoms with Crippen molar-refractivity contribution >= 4 is 0 Å². The normalized spacial score (nSPS) is 12.8. The molecular weight excluding hydrogens is 264 g/mol. The smallest absolute Gasteiger partial charge is 0.160 e. The average molecular weight is 294 g/mol. The second-order valence-electron chi connectivity index (χ2n) is 5.82. The highest BCUT2D eigenvalue weighted by molar-refractivity contribution is 5.43. The number of nitrogens with zero attached hydrogens (tertiary/aromatic N) is 1. The molecule has 0 aromatic heterocycles. The molecule has 1 aromatic carbocycles. The SMILES string of the molecule is COc1ccc(CC(C)NCCN(C)C(C)C)cc1OC. The molecule has 0 saturated heterocycles. The van der Waals surface area contributed by atoms with E-state index in [0.29, 0.717) is 12.1 Å². The predicted octanol–water partition coefficient (Wildman–Crippen LogP) is 2.56. The Labute approximate surface area is 129 Å². The van der Waals surface area contributed by atoms with Crippen LogP contribution in [0.4, 0.5) is 0 Å². The molecule has 1 rings (SSSR count). The van der Waals surface area contributed by atoms with Crippen molar-refractivity contribution in [1.82, 2.24) is 10.2 Å². The molecule has 0 aliphatic heterocycles. The lowest BCUT2D eigenvalue weighted by Gasteiger charge is -2.22. The van der Waals surface area contributed by atoms with Crippen molar-refractivity contribution in [2.75, 3.05) is 34.4 Å². The van der Waals surface area contributed by atoms with Gasteiger partial charge in [0.25, 0.3) is 0 Å². The summed E-state index contributed by atoms with van der Waals surface area (Å²) in [4.78, 5) is 2.34. The Morgan fingerprint density at radius 2 is 1.76 bits per heavy atom. The summed E-state index contributed by atoms with van der Waals surface area (Å²) in [5.74, 6) is 1.57. The summed E-state index contributed by atoms with van der Waals surface area (Å²) in [5.41, 5.74) is 1.25. The molecule has 0 aliphatic carbocycles. The Kier molecular flexibility index (Phi) is 7.54. The lowest BCUT2D eigenvalue weighted by molar-refractivity contribution is 0.269. The molecule has 4 nitrogen and oxygen atoms in total. The van der Waals surface area contributed by atoms with Crippen molar-refractivity contribution in [3.63, 3.8) is 0 Å². The van der Waals surface area contributed by atoms with Gasteiger partial charge < -0.3 is 19.7 Å². The predicted molar refractivity (Wildman–Crippen MR) is 88.5 cm³/mol. The zero-order valence-electron chi connectivity index (χ0n) is 14.3. The van der Waals surface area contributed by atoms with E-state index in [2.05, 4.69) is 50.2 Å². The van der Waals surface area contributed by atoms with Crippen LogP contribution < -0.4 is 14.8 Å². The Balaban J connectivity index is 2.45. The van der Waals surface area contributed by atoms with Crippen LogP contribution >= 0.6 is 0 Å². The molecule has 0 saturated carbocycles. The first-order chi connectivity index (χ1) is 9.97. The van der Waals surface area contributed by atoms with Crippen molar-refractivity contribution < 1.29 is 9.47 Å². The molecule has 0 aliphatic rings. The van der Waals surface area contributed by atoms with Crippen molar-refractivity contribution in [2.45, 2.75) is 39.3 Å².